The van der Waals surface area contributed by atoms with Gasteiger partial charge in [0.15, 0.2) is 29.8 Å². The molecule has 1 saturated heterocycles. The van der Waals surface area contributed by atoms with Gasteiger partial charge in [-0.3, -0.25) is 0 Å². The SMILES string of the molecule is C[C@H](OC(=O)[C@@H](O)c1ccccc1)C(=O)OC1=CC[C@]2(O)C3Cc4ccc(O)c5c4[C@@]2(CCN3C)[C@H]1O5. The Kier molecular flexibility index (Phi) is 5.38. The lowest BCUT2D eigenvalue weighted by molar-refractivity contribution is -0.178. The third kappa shape index (κ3) is 3.27. The van der Waals surface area contributed by atoms with Crippen LogP contribution in [-0.2, 0) is 30.9 Å². The summed E-state index contributed by atoms with van der Waals surface area (Å²) >= 11 is 0. The molecular formula is C28H29NO8. The second-order valence-corrected chi connectivity index (χ2v) is 10.4. The molecule has 2 aliphatic carbocycles. The molecular weight excluding hydrogens is 478 g/mol. The fraction of sp³-hybridized carbons (Fsp3) is 0.429. The minimum absolute atomic E-state index is 0.0230. The smallest absolute Gasteiger partial charge is 0.352 e. The number of hydrogen-bond donors (Lipinski definition) is 3. The van der Waals surface area contributed by atoms with Crippen molar-refractivity contribution in [1.29, 1.82) is 0 Å². The van der Waals surface area contributed by atoms with Crippen molar-refractivity contribution >= 4 is 11.9 Å². The molecule has 1 fully saturated rings. The van der Waals surface area contributed by atoms with Crippen LogP contribution in [0.2, 0.25) is 0 Å². The number of carbonyl (C=O) groups excluding carboxylic acids is 2. The minimum Gasteiger partial charge on any atom is -0.504 e. The number of rotatable bonds is 5. The molecule has 2 heterocycles. The number of benzene rings is 2. The van der Waals surface area contributed by atoms with Crippen molar-refractivity contribution in [1.82, 2.24) is 4.90 Å². The molecule has 2 aromatic carbocycles. The second-order valence-electron chi connectivity index (χ2n) is 10.4. The Balaban J connectivity index is 1.27. The van der Waals surface area contributed by atoms with Gasteiger partial charge in [-0.05, 0) is 56.6 Å². The van der Waals surface area contributed by atoms with Crippen molar-refractivity contribution in [3.63, 3.8) is 0 Å². The van der Waals surface area contributed by atoms with Crippen LogP contribution < -0.4 is 4.74 Å². The minimum atomic E-state index is -1.54. The molecule has 6 atom stereocenters. The number of likely N-dealkylation sites (N-methyl/N-ethyl adjacent to an activating group) is 1. The van der Waals surface area contributed by atoms with Crippen molar-refractivity contribution in [3.05, 3.63) is 71.0 Å². The summed E-state index contributed by atoms with van der Waals surface area (Å²) in [7, 11) is 1.99. The molecule has 0 radical (unpaired) electrons. The highest BCUT2D eigenvalue weighted by Gasteiger charge is 2.72. The van der Waals surface area contributed by atoms with Crippen molar-refractivity contribution in [2.75, 3.05) is 13.6 Å². The maximum Gasteiger partial charge on any atom is 0.352 e. The third-order valence-corrected chi connectivity index (χ3v) is 8.54. The van der Waals surface area contributed by atoms with E-state index in [0.717, 1.165) is 11.1 Å². The molecule has 9 nitrogen and oxygen atoms in total. The fourth-order valence-electron chi connectivity index (χ4n) is 6.69. The van der Waals surface area contributed by atoms with E-state index < -0.39 is 41.3 Å². The Morgan fingerprint density at radius 3 is 2.68 bits per heavy atom. The first kappa shape index (κ1) is 24.0. The molecule has 4 aliphatic rings. The topological polar surface area (TPSA) is 126 Å². The molecule has 0 aromatic heterocycles. The molecule has 9 heteroatoms. The average Bonchev–Trinajstić information content (AvgIpc) is 3.25. The van der Waals surface area contributed by atoms with E-state index in [2.05, 4.69) is 4.90 Å². The molecule has 2 aromatic rings. The van der Waals surface area contributed by atoms with Gasteiger partial charge < -0.3 is 34.4 Å². The van der Waals surface area contributed by atoms with Crippen molar-refractivity contribution in [3.8, 4) is 11.5 Å². The number of aliphatic hydroxyl groups is 2. The van der Waals surface area contributed by atoms with Gasteiger partial charge in [0.05, 0.1) is 11.0 Å². The quantitative estimate of drug-likeness (QED) is 0.520. The predicted molar refractivity (Wildman–Crippen MR) is 130 cm³/mol. The van der Waals surface area contributed by atoms with E-state index in [-0.39, 0.29) is 24.0 Å². The van der Waals surface area contributed by atoms with Gasteiger partial charge in [0.1, 0.15) is 5.76 Å². The molecule has 1 unspecified atom stereocenters. The third-order valence-electron chi connectivity index (χ3n) is 8.54. The zero-order valence-corrected chi connectivity index (χ0v) is 20.6. The number of likely N-dealkylation sites (tertiary alicyclic amines) is 1. The first-order valence-corrected chi connectivity index (χ1v) is 12.5. The Bertz CT molecular complexity index is 1310. The molecule has 37 heavy (non-hydrogen) atoms. The van der Waals surface area contributed by atoms with Crippen LogP contribution in [0.5, 0.6) is 11.5 Å². The van der Waals surface area contributed by atoms with Crippen LogP contribution in [0, 0.1) is 0 Å². The number of esters is 2. The van der Waals surface area contributed by atoms with Crippen LogP contribution in [0.1, 0.15) is 42.6 Å². The highest BCUT2D eigenvalue weighted by Crippen LogP contribution is 2.65. The van der Waals surface area contributed by atoms with E-state index in [1.165, 1.54) is 6.92 Å². The van der Waals surface area contributed by atoms with Crippen molar-refractivity contribution in [2.45, 2.75) is 61.6 Å². The van der Waals surface area contributed by atoms with Crippen LogP contribution >= 0.6 is 0 Å². The standard InChI is InChI=1S/C28H29NO8/c1-15(35-26(33)22(31)16-6-4-3-5-7-16)25(32)36-19-10-11-28(34)20-14-17-8-9-18(30)23-21(17)27(28,24(19)37-23)12-13-29(20)2/h3-10,15,20,22,24,30-31,34H,11-14H2,1-2H3/t15-,20?,22-,24-,27-,28-/m0/s1. The number of hydrogen-bond acceptors (Lipinski definition) is 9. The zero-order chi connectivity index (χ0) is 26.1. The van der Waals surface area contributed by atoms with E-state index >= 15 is 0 Å². The van der Waals surface area contributed by atoms with Gasteiger partial charge in [-0.15, -0.1) is 0 Å². The summed E-state index contributed by atoms with van der Waals surface area (Å²) in [6.07, 6.45) is -0.595. The maximum absolute atomic E-state index is 13.0. The summed E-state index contributed by atoms with van der Waals surface area (Å²) in [5.41, 5.74) is 0.0745. The van der Waals surface area contributed by atoms with E-state index in [4.69, 9.17) is 14.2 Å². The largest absolute Gasteiger partial charge is 0.504 e. The number of aromatic hydroxyl groups is 1. The van der Waals surface area contributed by atoms with Crippen LogP contribution in [-0.4, -0.2) is 69.6 Å². The monoisotopic (exact) mass is 507 g/mol. The van der Waals surface area contributed by atoms with Gasteiger partial charge in [0.2, 0.25) is 0 Å². The van der Waals surface area contributed by atoms with E-state index in [1.807, 2.05) is 13.1 Å². The summed E-state index contributed by atoms with van der Waals surface area (Å²) in [5, 5.41) is 33.0. The fourth-order valence-corrected chi connectivity index (χ4v) is 6.69. The summed E-state index contributed by atoms with van der Waals surface area (Å²) in [4.78, 5) is 27.6. The second kappa shape index (κ2) is 8.31. The van der Waals surface area contributed by atoms with E-state index in [0.29, 0.717) is 30.7 Å². The number of nitrogens with zero attached hydrogens (tertiary/aromatic N) is 1. The molecule has 2 aliphatic heterocycles. The lowest BCUT2D eigenvalue weighted by atomic mass is 9.50. The Morgan fingerprint density at radius 1 is 1.16 bits per heavy atom. The van der Waals surface area contributed by atoms with Gasteiger partial charge in [0, 0.05) is 18.0 Å². The number of phenolic OH excluding ortho intramolecular Hbond substituents is 1. The molecule has 0 amide bonds. The lowest BCUT2D eigenvalue weighted by Crippen LogP contribution is -2.74. The Labute approximate surface area is 213 Å². The molecule has 3 N–H and O–H groups in total. The number of phenols is 1. The van der Waals surface area contributed by atoms with E-state index in [9.17, 15) is 24.9 Å². The van der Waals surface area contributed by atoms with Gasteiger partial charge in [-0.25, -0.2) is 9.59 Å². The summed E-state index contributed by atoms with van der Waals surface area (Å²) in [6.45, 7) is 2.07. The van der Waals surface area contributed by atoms with E-state index in [1.54, 1.807) is 42.5 Å². The predicted octanol–water partition coefficient (Wildman–Crippen LogP) is 1.88. The highest BCUT2D eigenvalue weighted by molar-refractivity contribution is 5.82. The van der Waals surface area contributed by atoms with Crippen LogP contribution in [0.4, 0.5) is 0 Å². The van der Waals surface area contributed by atoms with Gasteiger partial charge in [-0.2, -0.15) is 0 Å². The zero-order valence-electron chi connectivity index (χ0n) is 20.6. The summed E-state index contributed by atoms with van der Waals surface area (Å²) < 4.78 is 17.2. The van der Waals surface area contributed by atoms with Gasteiger partial charge >= 0.3 is 11.9 Å². The number of carbonyl (C=O) groups is 2. The number of piperidine rings is 1. The summed E-state index contributed by atoms with van der Waals surface area (Å²) in [6, 6.07) is 11.6. The van der Waals surface area contributed by atoms with Crippen LogP contribution in [0.3, 0.4) is 0 Å². The Morgan fingerprint density at radius 2 is 1.92 bits per heavy atom. The van der Waals surface area contributed by atoms with Crippen LogP contribution in [0.15, 0.2) is 54.3 Å². The molecule has 2 bridgehead atoms. The Hall–Kier alpha value is -3.40. The number of aliphatic hydroxyl groups excluding tert-OH is 1. The number of ether oxygens (including phenoxy) is 3. The first-order chi connectivity index (χ1) is 17.7. The first-order valence-electron chi connectivity index (χ1n) is 12.5. The van der Waals surface area contributed by atoms with Gasteiger partial charge in [0.25, 0.3) is 0 Å². The molecule has 6 rings (SSSR count). The maximum atomic E-state index is 13.0. The highest BCUT2D eigenvalue weighted by atomic mass is 16.6. The summed E-state index contributed by atoms with van der Waals surface area (Å²) in [5.74, 6) is -1.28. The van der Waals surface area contributed by atoms with Crippen LogP contribution in [0.25, 0.3) is 0 Å². The molecule has 194 valence electrons. The van der Waals surface area contributed by atoms with Crippen molar-refractivity contribution in [2.24, 2.45) is 0 Å². The lowest BCUT2D eigenvalue weighted by Gasteiger charge is -2.61. The molecule has 1 spiro atoms. The van der Waals surface area contributed by atoms with Gasteiger partial charge in [-0.1, -0.05) is 36.4 Å². The molecule has 0 saturated carbocycles. The van der Waals surface area contributed by atoms with Crippen molar-refractivity contribution < 1.29 is 39.1 Å². The average molecular weight is 508 g/mol. The normalized spacial score (nSPS) is 30.9.